The summed E-state index contributed by atoms with van der Waals surface area (Å²) in [7, 11) is 0. The Kier molecular flexibility index (Phi) is 3.34. The summed E-state index contributed by atoms with van der Waals surface area (Å²) in [6, 6.07) is 11.4. The Morgan fingerprint density at radius 1 is 1.25 bits per heavy atom. The molecule has 0 aliphatic rings. The molecule has 0 fully saturated rings. The largest absolute Gasteiger partial charge is 0.352 e. The maximum Gasteiger partial charge on any atom is 0.340 e. The number of imidazole rings is 1. The third-order valence-electron chi connectivity index (χ3n) is 3.80. The first kappa shape index (κ1) is 14.2. The van der Waals surface area contributed by atoms with Crippen LogP contribution in [0.4, 0.5) is 0 Å². The van der Waals surface area contributed by atoms with Crippen LogP contribution in [0, 0.1) is 0 Å². The minimum absolute atomic E-state index is 0.216. The van der Waals surface area contributed by atoms with E-state index < -0.39 is 0 Å². The van der Waals surface area contributed by atoms with Crippen molar-refractivity contribution in [1.82, 2.24) is 29.9 Å². The van der Waals surface area contributed by atoms with Gasteiger partial charge in [0.1, 0.15) is 5.69 Å². The van der Waals surface area contributed by atoms with Crippen molar-refractivity contribution in [2.75, 3.05) is 0 Å². The Morgan fingerprint density at radius 3 is 2.83 bits per heavy atom. The Bertz CT molecular complexity index is 1010. The highest BCUT2D eigenvalue weighted by molar-refractivity contribution is 5.63. The van der Waals surface area contributed by atoms with E-state index >= 15 is 0 Å². The maximum atomic E-state index is 11.3. The Hall–Kier alpha value is -3.42. The first-order chi connectivity index (χ1) is 11.7. The molecule has 1 atom stereocenters. The van der Waals surface area contributed by atoms with Crippen molar-refractivity contribution in [1.29, 1.82) is 0 Å². The molecule has 24 heavy (non-hydrogen) atoms. The fourth-order valence-electron chi connectivity index (χ4n) is 2.55. The number of nitrogens with one attached hydrogen (secondary N) is 2. The van der Waals surface area contributed by atoms with E-state index in [9.17, 15) is 4.79 Å². The summed E-state index contributed by atoms with van der Waals surface area (Å²) in [5.41, 5.74) is 1.36. The van der Waals surface area contributed by atoms with Crippen molar-refractivity contribution in [2.45, 2.75) is 13.0 Å². The molecule has 0 amide bonds. The van der Waals surface area contributed by atoms with E-state index in [1.807, 2.05) is 47.9 Å². The summed E-state index contributed by atoms with van der Waals surface area (Å²) < 4.78 is 7.32. The molecule has 0 aliphatic carbocycles. The third-order valence-corrected chi connectivity index (χ3v) is 3.80. The molecule has 2 N–H and O–H groups in total. The molecular weight excluding hydrogens is 308 g/mol. The number of rotatable bonds is 4. The lowest BCUT2D eigenvalue weighted by Gasteiger charge is -2.11. The average Bonchev–Trinajstić information content (AvgIpc) is 3.34. The van der Waals surface area contributed by atoms with Gasteiger partial charge in [-0.3, -0.25) is 4.98 Å². The minimum atomic E-state index is -0.343. The molecule has 8 heteroatoms. The van der Waals surface area contributed by atoms with Gasteiger partial charge in [0.2, 0.25) is 5.76 Å². The summed E-state index contributed by atoms with van der Waals surface area (Å²) in [6.07, 6.45) is 3.47. The van der Waals surface area contributed by atoms with Crippen molar-refractivity contribution in [2.24, 2.45) is 0 Å². The molecule has 3 heterocycles. The predicted octanol–water partition coefficient (Wildman–Crippen LogP) is 2.23. The summed E-state index contributed by atoms with van der Waals surface area (Å²) in [5.74, 6) is 1.67. The molecule has 0 aliphatic heterocycles. The van der Waals surface area contributed by atoms with Crippen molar-refractivity contribution in [3.8, 4) is 22.8 Å². The van der Waals surface area contributed by atoms with Gasteiger partial charge in [0, 0.05) is 24.0 Å². The molecule has 4 aromatic rings. The number of aromatic amines is 2. The zero-order valence-corrected chi connectivity index (χ0v) is 12.8. The van der Waals surface area contributed by atoms with E-state index in [2.05, 4.69) is 25.3 Å². The number of aromatic nitrogens is 6. The summed E-state index contributed by atoms with van der Waals surface area (Å²) >= 11 is 0. The Labute approximate surface area is 136 Å². The van der Waals surface area contributed by atoms with Gasteiger partial charge in [-0.25, -0.2) is 14.9 Å². The van der Waals surface area contributed by atoms with Gasteiger partial charge >= 0.3 is 5.69 Å². The lowest BCUT2D eigenvalue weighted by atomic mass is 10.1. The lowest BCUT2D eigenvalue weighted by molar-refractivity contribution is 0.428. The molecule has 0 unspecified atom stereocenters. The van der Waals surface area contributed by atoms with Gasteiger partial charge in [-0.2, -0.15) is 5.10 Å². The van der Waals surface area contributed by atoms with Gasteiger partial charge < -0.3 is 9.09 Å². The van der Waals surface area contributed by atoms with Crippen LogP contribution in [-0.4, -0.2) is 29.9 Å². The van der Waals surface area contributed by atoms with E-state index in [4.69, 9.17) is 4.52 Å². The molecule has 0 saturated carbocycles. The van der Waals surface area contributed by atoms with Crippen molar-refractivity contribution in [3.05, 3.63) is 65.1 Å². The number of H-pyrrole nitrogens is 2. The zero-order chi connectivity index (χ0) is 16.5. The topological polar surface area (TPSA) is 105 Å². The van der Waals surface area contributed by atoms with Crippen LogP contribution in [0.2, 0.25) is 0 Å². The van der Waals surface area contributed by atoms with Crippen LogP contribution in [0.5, 0.6) is 0 Å². The number of nitrogens with zero attached hydrogens (tertiary/aromatic N) is 4. The quantitative estimate of drug-likeness (QED) is 0.599. The van der Waals surface area contributed by atoms with Crippen LogP contribution in [0.1, 0.15) is 18.8 Å². The summed E-state index contributed by atoms with van der Waals surface area (Å²) in [4.78, 5) is 18.3. The van der Waals surface area contributed by atoms with Crippen LogP contribution in [0.3, 0.4) is 0 Å². The van der Waals surface area contributed by atoms with Crippen LogP contribution >= 0.6 is 0 Å². The molecule has 1 aromatic carbocycles. The second-order valence-corrected chi connectivity index (χ2v) is 5.34. The van der Waals surface area contributed by atoms with Crippen LogP contribution in [0.15, 0.2) is 58.1 Å². The first-order valence-corrected chi connectivity index (χ1v) is 7.42. The molecule has 0 saturated heterocycles. The zero-order valence-electron chi connectivity index (χ0n) is 12.8. The summed E-state index contributed by atoms with van der Waals surface area (Å²) in [6.45, 7) is 1.91. The highest BCUT2D eigenvalue weighted by atomic mass is 16.5. The predicted molar refractivity (Wildman–Crippen MR) is 86.2 cm³/mol. The first-order valence-electron chi connectivity index (χ1n) is 7.42. The van der Waals surface area contributed by atoms with E-state index in [1.165, 1.54) is 0 Å². The maximum absolute atomic E-state index is 11.3. The van der Waals surface area contributed by atoms with Gasteiger partial charge in [0.25, 0.3) is 0 Å². The van der Waals surface area contributed by atoms with Gasteiger partial charge in [-0.05, 0) is 6.92 Å². The molecule has 0 spiro atoms. The highest BCUT2D eigenvalue weighted by Gasteiger charge is 2.19. The molecule has 0 bridgehead atoms. The second kappa shape index (κ2) is 5.65. The molecule has 8 nitrogen and oxygen atoms in total. The molecule has 3 aromatic heterocycles. The molecule has 120 valence electrons. The number of hydrogen-bond donors (Lipinski definition) is 2. The van der Waals surface area contributed by atoms with Crippen LogP contribution < -0.4 is 5.69 Å². The van der Waals surface area contributed by atoms with Gasteiger partial charge in [0.15, 0.2) is 11.6 Å². The normalized spacial score (nSPS) is 12.4. The fourth-order valence-corrected chi connectivity index (χ4v) is 2.55. The number of benzene rings is 1. The van der Waals surface area contributed by atoms with E-state index in [0.717, 1.165) is 11.3 Å². The van der Waals surface area contributed by atoms with Crippen molar-refractivity contribution < 1.29 is 4.52 Å². The van der Waals surface area contributed by atoms with E-state index in [-0.39, 0.29) is 11.7 Å². The van der Waals surface area contributed by atoms with E-state index in [0.29, 0.717) is 17.4 Å². The van der Waals surface area contributed by atoms with Gasteiger partial charge in [-0.15, -0.1) is 0 Å². The van der Waals surface area contributed by atoms with Gasteiger partial charge in [-0.1, -0.05) is 35.5 Å². The second-order valence-electron chi connectivity index (χ2n) is 5.34. The summed E-state index contributed by atoms with van der Waals surface area (Å²) in [5, 5.41) is 10.4. The Balaban J connectivity index is 1.70. The van der Waals surface area contributed by atoms with Crippen molar-refractivity contribution in [3.63, 3.8) is 0 Å². The Morgan fingerprint density at radius 2 is 2.08 bits per heavy atom. The minimum Gasteiger partial charge on any atom is -0.352 e. The smallest absolute Gasteiger partial charge is 0.340 e. The monoisotopic (exact) mass is 322 g/mol. The van der Waals surface area contributed by atoms with Crippen LogP contribution in [0.25, 0.3) is 22.8 Å². The lowest BCUT2D eigenvalue weighted by Crippen LogP contribution is -2.10. The molecular formula is C16H14N6O2. The molecule has 0 radical (unpaired) electrons. The van der Waals surface area contributed by atoms with Gasteiger partial charge in [0.05, 0.1) is 6.04 Å². The van der Waals surface area contributed by atoms with Crippen molar-refractivity contribution >= 4 is 0 Å². The third kappa shape index (κ3) is 2.43. The average molecular weight is 322 g/mol. The van der Waals surface area contributed by atoms with E-state index in [1.54, 1.807) is 12.4 Å². The highest BCUT2D eigenvalue weighted by Crippen LogP contribution is 2.27. The standard InChI is InChI=1S/C16H14N6O2/c1-10(14-18-16(23)20-19-14)22-8-7-17-15(22)13-9-12(21-24-13)11-5-3-2-4-6-11/h2-10H,1H3,(H2,18,19,20,23)/t10-/m1/s1. The van der Waals surface area contributed by atoms with Crippen LogP contribution in [-0.2, 0) is 0 Å². The SMILES string of the molecule is C[C@H](c1n[nH]c(=O)[nH]1)n1ccnc1-c1cc(-c2ccccc2)no1. The molecule has 4 rings (SSSR count). The number of hydrogen-bond acceptors (Lipinski definition) is 5. The fraction of sp³-hybridized carbons (Fsp3) is 0.125.